The van der Waals surface area contributed by atoms with Gasteiger partial charge in [0.1, 0.15) is 10.9 Å². The van der Waals surface area contributed by atoms with Crippen LogP contribution in [0.2, 0.25) is 0 Å². The summed E-state index contributed by atoms with van der Waals surface area (Å²) in [6, 6.07) is 13.1. The minimum atomic E-state index is -3.92. The SMILES string of the molecule is Cc1ccccc1CN(C(=O)CCCN1C(=O)c2ccccc2S1(=O)=O)[C@@H](C)C(=O)NCC(C)C. The summed E-state index contributed by atoms with van der Waals surface area (Å²) >= 11 is 0. The molecule has 0 fully saturated rings. The molecule has 3 amide bonds. The quantitative estimate of drug-likeness (QED) is 0.541. The van der Waals surface area contributed by atoms with Crippen LogP contribution < -0.4 is 5.32 Å². The molecule has 1 N–H and O–H groups in total. The highest BCUT2D eigenvalue weighted by Gasteiger charge is 2.40. The third-order valence-corrected chi connectivity index (χ3v) is 7.96. The van der Waals surface area contributed by atoms with Gasteiger partial charge < -0.3 is 10.2 Å². The topological polar surface area (TPSA) is 104 Å². The Balaban J connectivity index is 1.71. The zero-order valence-corrected chi connectivity index (χ0v) is 21.5. The van der Waals surface area contributed by atoms with Gasteiger partial charge >= 0.3 is 0 Å². The lowest BCUT2D eigenvalue weighted by molar-refractivity contribution is -0.140. The number of carbonyl (C=O) groups excluding carboxylic acids is 3. The Hall–Kier alpha value is -3.20. The maximum atomic E-state index is 13.3. The molecule has 188 valence electrons. The molecule has 1 aliphatic heterocycles. The maximum Gasteiger partial charge on any atom is 0.269 e. The van der Waals surface area contributed by atoms with Crippen LogP contribution in [0.3, 0.4) is 0 Å². The highest BCUT2D eigenvalue weighted by atomic mass is 32.2. The number of sulfonamides is 1. The van der Waals surface area contributed by atoms with E-state index >= 15 is 0 Å². The van der Waals surface area contributed by atoms with E-state index in [1.807, 2.05) is 45.0 Å². The standard InChI is InChI=1S/C26H33N3O5S/c1-18(2)16-27-25(31)20(4)28(17-21-11-6-5-10-19(21)3)24(30)14-9-15-29-26(32)22-12-7-8-13-23(22)35(29,33)34/h5-8,10-13,18,20H,9,14-17H2,1-4H3,(H,27,31)/t20-/m0/s1. The van der Waals surface area contributed by atoms with E-state index < -0.39 is 22.0 Å². The Morgan fingerprint density at radius 3 is 2.34 bits per heavy atom. The van der Waals surface area contributed by atoms with Crippen LogP contribution in [0.5, 0.6) is 0 Å². The number of hydrogen-bond acceptors (Lipinski definition) is 5. The molecule has 0 saturated carbocycles. The second kappa shape index (κ2) is 11.0. The monoisotopic (exact) mass is 499 g/mol. The summed E-state index contributed by atoms with van der Waals surface area (Å²) in [5, 5.41) is 2.88. The highest BCUT2D eigenvalue weighted by molar-refractivity contribution is 7.90. The van der Waals surface area contributed by atoms with Crippen LogP contribution in [0.25, 0.3) is 0 Å². The van der Waals surface area contributed by atoms with E-state index in [0.29, 0.717) is 6.54 Å². The van der Waals surface area contributed by atoms with Gasteiger partial charge in [-0.15, -0.1) is 0 Å². The van der Waals surface area contributed by atoms with Crippen molar-refractivity contribution in [2.75, 3.05) is 13.1 Å². The van der Waals surface area contributed by atoms with E-state index in [9.17, 15) is 22.8 Å². The van der Waals surface area contributed by atoms with Gasteiger partial charge in [0.25, 0.3) is 15.9 Å². The van der Waals surface area contributed by atoms with Crippen molar-refractivity contribution >= 4 is 27.7 Å². The van der Waals surface area contributed by atoms with Gasteiger partial charge in [-0.05, 0) is 49.4 Å². The lowest BCUT2D eigenvalue weighted by Gasteiger charge is -2.30. The van der Waals surface area contributed by atoms with Crippen LogP contribution >= 0.6 is 0 Å². The van der Waals surface area contributed by atoms with Crippen LogP contribution in [0.1, 0.15) is 55.1 Å². The highest BCUT2D eigenvalue weighted by Crippen LogP contribution is 2.30. The van der Waals surface area contributed by atoms with Crippen LogP contribution in [-0.2, 0) is 26.2 Å². The van der Waals surface area contributed by atoms with Crippen LogP contribution in [0.4, 0.5) is 0 Å². The Morgan fingerprint density at radius 1 is 1.03 bits per heavy atom. The van der Waals surface area contributed by atoms with Crippen molar-refractivity contribution in [1.82, 2.24) is 14.5 Å². The van der Waals surface area contributed by atoms with Gasteiger partial charge in [-0.2, -0.15) is 0 Å². The Kier molecular flexibility index (Phi) is 8.32. The molecule has 2 aromatic carbocycles. The first kappa shape index (κ1) is 26.4. The molecule has 9 heteroatoms. The molecule has 1 heterocycles. The zero-order chi connectivity index (χ0) is 25.8. The summed E-state index contributed by atoms with van der Waals surface area (Å²) in [6.45, 7) is 8.28. The molecule has 0 radical (unpaired) electrons. The van der Waals surface area contributed by atoms with Gasteiger partial charge in [-0.25, -0.2) is 12.7 Å². The van der Waals surface area contributed by atoms with Crippen molar-refractivity contribution in [2.24, 2.45) is 5.92 Å². The van der Waals surface area contributed by atoms with Gasteiger partial charge in [0.2, 0.25) is 11.8 Å². The molecule has 2 aromatic rings. The van der Waals surface area contributed by atoms with E-state index in [4.69, 9.17) is 0 Å². The molecule has 0 unspecified atom stereocenters. The zero-order valence-electron chi connectivity index (χ0n) is 20.7. The first-order valence-corrected chi connectivity index (χ1v) is 13.3. The molecule has 0 bridgehead atoms. The molecule has 0 aromatic heterocycles. The Morgan fingerprint density at radius 2 is 1.69 bits per heavy atom. The molecule has 8 nitrogen and oxygen atoms in total. The third kappa shape index (κ3) is 5.90. The average molecular weight is 500 g/mol. The fourth-order valence-corrected chi connectivity index (χ4v) is 5.58. The minimum Gasteiger partial charge on any atom is -0.354 e. The molecule has 3 rings (SSSR count). The van der Waals surface area contributed by atoms with E-state index in [1.165, 1.54) is 17.0 Å². The number of fused-ring (bicyclic) bond motifs is 1. The first-order valence-electron chi connectivity index (χ1n) is 11.8. The van der Waals surface area contributed by atoms with Gasteiger partial charge in [0, 0.05) is 26.1 Å². The molecule has 0 saturated heterocycles. The average Bonchev–Trinajstić information content (AvgIpc) is 3.02. The van der Waals surface area contributed by atoms with E-state index in [1.54, 1.807) is 19.1 Å². The second-order valence-electron chi connectivity index (χ2n) is 9.25. The molecule has 35 heavy (non-hydrogen) atoms. The predicted molar refractivity (Wildman–Crippen MR) is 133 cm³/mol. The fourth-order valence-electron chi connectivity index (χ4n) is 3.98. The van der Waals surface area contributed by atoms with Gasteiger partial charge in [0.05, 0.1) is 5.56 Å². The number of hydrogen-bond donors (Lipinski definition) is 1. The molecule has 1 atom stereocenters. The third-order valence-electron chi connectivity index (χ3n) is 6.12. The van der Waals surface area contributed by atoms with Crippen LogP contribution in [0.15, 0.2) is 53.4 Å². The molecular weight excluding hydrogens is 466 g/mol. The summed E-state index contributed by atoms with van der Waals surface area (Å²) in [7, 11) is -3.92. The van der Waals surface area contributed by atoms with Gasteiger partial charge in [-0.3, -0.25) is 14.4 Å². The Bertz CT molecular complexity index is 1210. The largest absolute Gasteiger partial charge is 0.354 e. The number of amides is 3. The van der Waals surface area contributed by atoms with Crippen molar-refractivity contribution < 1.29 is 22.8 Å². The number of aryl methyl sites for hydroxylation is 1. The number of benzene rings is 2. The smallest absolute Gasteiger partial charge is 0.269 e. The van der Waals surface area contributed by atoms with Crippen molar-refractivity contribution in [3.8, 4) is 0 Å². The summed E-state index contributed by atoms with van der Waals surface area (Å²) in [5.74, 6) is -0.822. The number of nitrogens with zero attached hydrogens (tertiary/aromatic N) is 2. The fraction of sp³-hybridized carbons (Fsp3) is 0.423. The van der Waals surface area contributed by atoms with E-state index in [0.717, 1.165) is 15.4 Å². The number of rotatable bonds is 10. The minimum absolute atomic E-state index is 0.00330. The molecule has 0 spiro atoms. The van der Waals surface area contributed by atoms with Crippen LogP contribution in [-0.4, -0.2) is 54.5 Å². The molecule has 1 aliphatic rings. The van der Waals surface area contributed by atoms with Crippen molar-refractivity contribution in [2.45, 2.75) is 58.0 Å². The molecule has 0 aliphatic carbocycles. The first-order chi connectivity index (χ1) is 16.5. The summed E-state index contributed by atoms with van der Waals surface area (Å²) in [5.41, 5.74) is 2.08. The lowest BCUT2D eigenvalue weighted by Crippen LogP contribution is -2.48. The second-order valence-corrected chi connectivity index (χ2v) is 11.1. The predicted octanol–water partition coefficient (Wildman–Crippen LogP) is 3.11. The van der Waals surface area contributed by atoms with E-state index in [-0.39, 0.29) is 54.1 Å². The van der Waals surface area contributed by atoms with Crippen LogP contribution in [0, 0.1) is 12.8 Å². The summed E-state index contributed by atoms with van der Waals surface area (Å²) in [4.78, 5) is 40.2. The van der Waals surface area contributed by atoms with Gasteiger partial charge in [0.15, 0.2) is 0 Å². The summed E-state index contributed by atoms with van der Waals surface area (Å²) in [6.07, 6.45) is 0.158. The summed E-state index contributed by atoms with van der Waals surface area (Å²) < 4.78 is 26.4. The lowest BCUT2D eigenvalue weighted by atomic mass is 10.1. The number of nitrogens with one attached hydrogen (secondary N) is 1. The van der Waals surface area contributed by atoms with E-state index in [2.05, 4.69) is 5.32 Å². The Labute approximate surface area is 207 Å². The van der Waals surface area contributed by atoms with Crippen molar-refractivity contribution in [1.29, 1.82) is 0 Å². The van der Waals surface area contributed by atoms with Crippen molar-refractivity contribution in [3.63, 3.8) is 0 Å². The maximum absolute atomic E-state index is 13.3. The number of carbonyl (C=O) groups is 3. The van der Waals surface area contributed by atoms with Crippen molar-refractivity contribution in [3.05, 3.63) is 65.2 Å². The van der Waals surface area contributed by atoms with Gasteiger partial charge in [-0.1, -0.05) is 50.2 Å². The normalized spacial score (nSPS) is 15.1. The molecular formula is C26H33N3O5S.